The van der Waals surface area contributed by atoms with E-state index in [0.29, 0.717) is 41.1 Å². The maximum Gasteiger partial charge on any atom is 0.258 e. The minimum Gasteiger partial charge on any atom is -0.376 e. The zero-order valence-corrected chi connectivity index (χ0v) is 23.8. The first-order valence-electron chi connectivity index (χ1n) is 14.1. The van der Waals surface area contributed by atoms with E-state index in [1.165, 1.54) is 0 Å². The summed E-state index contributed by atoms with van der Waals surface area (Å²) in [4.78, 5) is 31.8. The molecule has 7 heteroatoms. The van der Waals surface area contributed by atoms with Crippen molar-refractivity contribution in [2.75, 3.05) is 44.7 Å². The fourth-order valence-electron chi connectivity index (χ4n) is 5.97. The van der Waals surface area contributed by atoms with Crippen molar-refractivity contribution >= 4 is 29.1 Å². The number of halogens is 1. The molecule has 206 valence electrons. The largest absolute Gasteiger partial charge is 0.376 e. The van der Waals surface area contributed by atoms with E-state index in [9.17, 15) is 14.7 Å². The number of likely N-dealkylation sites (tertiary alicyclic amines) is 1. The van der Waals surface area contributed by atoms with Gasteiger partial charge in [-0.25, -0.2) is 0 Å². The summed E-state index contributed by atoms with van der Waals surface area (Å²) in [5.41, 5.74) is 0.785. The van der Waals surface area contributed by atoms with Crippen LogP contribution in [0.5, 0.6) is 0 Å². The van der Waals surface area contributed by atoms with Gasteiger partial charge in [-0.05, 0) is 74.6 Å². The Morgan fingerprint density at radius 1 is 1.00 bits per heavy atom. The van der Waals surface area contributed by atoms with Gasteiger partial charge in [-0.2, -0.15) is 0 Å². The van der Waals surface area contributed by atoms with E-state index in [4.69, 9.17) is 11.6 Å². The molecule has 0 aromatic heterocycles. The maximum absolute atomic E-state index is 13.1. The number of rotatable bonds is 8. The van der Waals surface area contributed by atoms with Crippen molar-refractivity contribution in [2.24, 2.45) is 11.8 Å². The van der Waals surface area contributed by atoms with Crippen LogP contribution in [0, 0.1) is 11.8 Å². The monoisotopic (exact) mass is 539 g/mol. The second-order valence-electron chi connectivity index (χ2n) is 11.1. The molecule has 2 aromatic rings. The highest BCUT2D eigenvalue weighted by Crippen LogP contribution is 2.36. The maximum atomic E-state index is 13.1. The first kappa shape index (κ1) is 28.4. The van der Waals surface area contributed by atoms with Crippen molar-refractivity contribution in [1.82, 2.24) is 9.80 Å². The Balaban J connectivity index is 1.28. The van der Waals surface area contributed by atoms with Crippen molar-refractivity contribution in [1.29, 1.82) is 0 Å². The average molecular weight is 540 g/mol. The summed E-state index contributed by atoms with van der Waals surface area (Å²) in [6.45, 7) is 7.78. The summed E-state index contributed by atoms with van der Waals surface area (Å²) in [5.74, 6) is 1.02. The third-order valence-corrected chi connectivity index (χ3v) is 8.84. The predicted molar refractivity (Wildman–Crippen MR) is 154 cm³/mol. The molecule has 2 aliphatic rings. The van der Waals surface area contributed by atoms with Crippen LogP contribution >= 0.6 is 11.6 Å². The summed E-state index contributed by atoms with van der Waals surface area (Å²) in [6, 6.07) is 15.0. The molecule has 38 heavy (non-hydrogen) atoms. The zero-order chi connectivity index (χ0) is 27.3. The van der Waals surface area contributed by atoms with Crippen molar-refractivity contribution in [3.05, 3.63) is 64.7 Å². The molecule has 0 radical (unpaired) electrons. The Kier molecular flexibility index (Phi) is 9.37. The van der Waals surface area contributed by atoms with Gasteiger partial charge >= 0.3 is 0 Å². The van der Waals surface area contributed by atoms with Crippen molar-refractivity contribution < 1.29 is 14.7 Å². The summed E-state index contributed by atoms with van der Waals surface area (Å²) in [5, 5.41) is 11.5. The Morgan fingerprint density at radius 3 is 2.18 bits per heavy atom. The smallest absolute Gasteiger partial charge is 0.258 e. The fraction of sp³-hybridized carbons (Fsp3) is 0.548. The molecule has 1 N–H and O–H groups in total. The number of nitrogens with zero attached hydrogens (tertiary/aromatic N) is 3. The second kappa shape index (κ2) is 12.5. The molecule has 2 aromatic carbocycles. The molecule has 2 heterocycles. The van der Waals surface area contributed by atoms with Crippen LogP contribution in [0.15, 0.2) is 48.5 Å². The number of carbonyl (C=O) groups excluding carboxylic acids is 2. The highest BCUT2D eigenvalue weighted by molar-refractivity contribution is 6.34. The Labute approximate surface area is 232 Å². The minimum atomic E-state index is -1.49. The van der Waals surface area contributed by atoms with E-state index >= 15 is 0 Å². The molecule has 0 unspecified atom stereocenters. The minimum absolute atomic E-state index is 0.0242. The number of unbranched alkanes of at least 4 members (excludes halogenated alkanes) is 1. The molecule has 2 aliphatic heterocycles. The fourth-order valence-corrected chi connectivity index (χ4v) is 6.23. The SMILES string of the molecule is CCCCN(C)C(=O)c1ccc(N2CCC(C3CCN(C(=O)[C@](C)(O)c4ccccc4)CC3)CC2)cc1Cl. The van der Waals surface area contributed by atoms with Crippen molar-refractivity contribution in [3.63, 3.8) is 0 Å². The van der Waals surface area contributed by atoms with Crippen LogP contribution in [-0.4, -0.2) is 66.5 Å². The van der Waals surface area contributed by atoms with E-state index < -0.39 is 5.60 Å². The van der Waals surface area contributed by atoms with E-state index in [2.05, 4.69) is 11.8 Å². The number of carbonyl (C=O) groups is 2. The van der Waals surface area contributed by atoms with Crippen LogP contribution in [0.2, 0.25) is 5.02 Å². The second-order valence-corrected chi connectivity index (χ2v) is 11.5. The molecule has 2 amide bonds. The predicted octanol–water partition coefficient (Wildman–Crippen LogP) is 5.57. The van der Waals surface area contributed by atoms with Gasteiger partial charge in [0.25, 0.3) is 11.8 Å². The Morgan fingerprint density at radius 2 is 1.61 bits per heavy atom. The van der Waals surface area contributed by atoms with Crippen LogP contribution in [0.25, 0.3) is 0 Å². The lowest BCUT2D eigenvalue weighted by Gasteiger charge is -2.42. The lowest BCUT2D eigenvalue weighted by Crippen LogP contribution is -2.49. The van der Waals surface area contributed by atoms with Crippen LogP contribution in [0.1, 0.15) is 68.3 Å². The van der Waals surface area contributed by atoms with Gasteiger partial charge < -0.3 is 19.8 Å². The third kappa shape index (κ3) is 6.35. The molecule has 4 rings (SSSR count). The first-order valence-corrected chi connectivity index (χ1v) is 14.5. The van der Waals surface area contributed by atoms with E-state index in [1.807, 2.05) is 60.5 Å². The molecule has 6 nitrogen and oxygen atoms in total. The Hall–Kier alpha value is -2.57. The molecule has 0 aliphatic carbocycles. The lowest BCUT2D eigenvalue weighted by atomic mass is 9.78. The quantitative estimate of drug-likeness (QED) is 0.476. The lowest BCUT2D eigenvalue weighted by molar-refractivity contribution is -0.152. The van der Waals surface area contributed by atoms with E-state index in [-0.39, 0.29) is 11.8 Å². The number of amides is 2. The summed E-state index contributed by atoms with van der Waals surface area (Å²) >= 11 is 6.56. The van der Waals surface area contributed by atoms with Gasteiger partial charge in [0.05, 0.1) is 10.6 Å². The number of benzene rings is 2. The average Bonchev–Trinajstić information content (AvgIpc) is 2.95. The number of hydrogen-bond acceptors (Lipinski definition) is 4. The number of piperidine rings is 2. The van der Waals surface area contributed by atoms with Gasteiger partial charge in [-0.3, -0.25) is 9.59 Å². The topological polar surface area (TPSA) is 64.1 Å². The van der Waals surface area contributed by atoms with Gasteiger partial charge in [-0.15, -0.1) is 0 Å². The van der Waals surface area contributed by atoms with E-state index in [1.54, 1.807) is 11.8 Å². The molecule has 0 spiro atoms. The van der Waals surface area contributed by atoms with Gasteiger partial charge in [0.2, 0.25) is 0 Å². The summed E-state index contributed by atoms with van der Waals surface area (Å²) < 4.78 is 0. The molecule has 0 bridgehead atoms. The molecule has 1 atom stereocenters. The van der Waals surface area contributed by atoms with Gasteiger partial charge in [0.15, 0.2) is 5.60 Å². The highest BCUT2D eigenvalue weighted by Gasteiger charge is 2.39. The molecular weight excluding hydrogens is 498 g/mol. The van der Waals surface area contributed by atoms with Gasteiger partial charge in [-0.1, -0.05) is 55.3 Å². The zero-order valence-electron chi connectivity index (χ0n) is 23.0. The third-order valence-electron chi connectivity index (χ3n) is 8.53. The first-order chi connectivity index (χ1) is 18.2. The van der Waals surface area contributed by atoms with Crippen LogP contribution in [-0.2, 0) is 10.4 Å². The summed E-state index contributed by atoms with van der Waals surface area (Å²) in [6.07, 6.45) is 6.21. The van der Waals surface area contributed by atoms with Gasteiger partial charge in [0, 0.05) is 45.5 Å². The van der Waals surface area contributed by atoms with Crippen molar-refractivity contribution in [2.45, 2.75) is 58.0 Å². The normalized spacial score (nSPS) is 18.8. The standard InChI is InChI=1S/C31H42ClN3O3/c1-4-5-17-33(3)29(36)27-12-11-26(22-28(27)32)34-18-13-23(14-19-34)24-15-20-35(21-16-24)30(37)31(2,38)25-9-7-6-8-10-25/h6-12,22-24,38H,4-5,13-21H2,1-3H3/t31-/m1/s1. The highest BCUT2D eigenvalue weighted by atomic mass is 35.5. The van der Waals surface area contributed by atoms with Crippen LogP contribution in [0.4, 0.5) is 5.69 Å². The molecule has 2 fully saturated rings. The summed E-state index contributed by atoms with van der Waals surface area (Å²) in [7, 11) is 1.83. The van der Waals surface area contributed by atoms with Crippen molar-refractivity contribution in [3.8, 4) is 0 Å². The van der Waals surface area contributed by atoms with Gasteiger partial charge in [0.1, 0.15) is 0 Å². The molecule has 0 saturated carbocycles. The molecule has 2 saturated heterocycles. The van der Waals surface area contributed by atoms with Crippen LogP contribution < -0.4 is 4.90 Å². The number of aliphatic hydroxyl groups is 1. The molecular formula is C31H42ClN3O3. The number of hydrogen-bond donors (Lipinski definition) is 1. The number of anilines is 1. The van der Waals surface area contributed by atoms with Crippen LogP contribution in [0.3, 0.4) is 0 Å². The Bertz CT molecular complexity index is 1090. The van der Waals surface area contributed by atoms with E-state index in [0.717, 1.165) is 63.8 Å².